The summed E-state index contributed by atoms with van der Waals surface area (Å²) in [5.74, 6) is -2.43. The van der Waals surface area contributed by atoms with E-state index in [0.29, 0.717) is 22.6 Å². The number of imide groups is 1. The van der Waals surface area contributed by atoms with Crippen LogP contribution in [0.3, 0.4) is 0 Å². The second kappa shape index (κ2) is 8.10. The maximum Gasteiger partial charge on any atom is 0.294 e. The van der Waals surface area contributed by atoms with Crippen LogP contribution in [-0.4, -0.2) is 39.4 Å². The zero-order valence-electron chi connectivity index (χ0n) is 13.5. The molecule has 2 heterocycles. The van der Waals surface area contributed by atoms with Gasteiger partial charge in [-0.2, -0.15) is 0 Å². The maximum atomic E-state index is 12.9. The number of halogens is 1. The number of hydrogen-bond donors (Lipinski definition) is 2. The van der Waals surface area contributed by atoms with Gasteiger partial charge in [0.2, 0.25) is 11.8 Å². The fourth-order valence-electron chi connectivity index (χ4n) is 2.05. The van der Waals surface area contributed by atoms with Gasteiger partial charge in [-0.1, -0.05) is 0 Å². The molecule has 0 saturated carbocycles. The number of thioether (sulfide) groups is 1. The number of benzene rings is 1. The number of anilines is 2. The number of amides is 4. The molecule has 0 radical (unpaired) electrons. The number of nitrogens with one attached hydrogen (secondary N) is 2. The summed E-state index contributed by atoms with van der Waals surface area (Å²) in [5, 5.41) is 6.28. The number of nitrogens with zero attached hydrogens (tertiary/aromatic N) is 2. The van der Waals surface area contributed by atoms with E-state index in [1.807, 2.05) is 0 Å². The van der Waals surface area contributed by atoms with Gasteiger partial charge >= 0.3 is 0 Å². The molecule has 2 N–H and O–H groups in total. The van der Waals surface area contributed by atoms with E-state index in [0.717, 1.165) is 11.0 Å². The fraction of sp³-hybridized carbons (Fsp3) is 0.0625. The summed E-state index contributed by atoms with van der Waals surface area (Å²) in [6.45, 7) is -0.485. The molecule has 1 aromatic heterocycles. The molecule has 0 unspecified atom stereocenters. The monoisotopic (exact) mass is 406 g/mol. The van der Waals surface area contributed by atoms with E-state index in [2.05, 4.69) is 15.6 Å². The van der Waals surface area contributed by atoms with Gasteiger partial charge in [0, 0.05) is 23.3 Å². The molecular formula is C16H11FN4O4S2. The van der Waals surface area contributed by atoms with Crippen molar-refractivity contribution in [3.05, 3.63) is 52.6 Å². The largest absolute Gasteiger partial charge is 0.322 e. The fourth-order valence-corrected chi connectivity index (χ4v) is 3.41. The van der Waals surface area contributed by atoms with Crippen LogP contribution in [0.2, 0.25) is 0 Å². The van der Waals surface area contributed by atoms with Gasteiger partial charge in [0.05, 0.1) is 4.91 Å². The Morgan fingerprint density at radius 1 is 1.19 bits per heavy atom. The first-order chi connectivity index (χ1) is 12.9. The molecule has 27 heavy (non-hydrogen) atoms. The lowest BCUT2D eigenvalue weighted by Gasteiger charge is -2.11. The van der Waals surface area contributed by atoms with Crippen LogP contribution in [-0.2, 0) is 14.4 Å². The van der Waals surface area contributed by atoms with Gasteiger partial charge in [0.15, 0.2) is 5.13 Å². The van der Waals surface area contributed by atoms with Crippen molar-refractivity contribution in [1.82, 2.24) is 9.88 Å². The van der Waals surface area contributed by atoms with Crippen molar-refractivity contribution in [2.24, 2.45) is 0 Å². The molecule has 1 fully saturated rings. The normalized spacial score (nSPS) is 15.3. The van der Waals surface area contributed by atoms with E-state index < -0.39 is 35.3 Å². The van der Waals surface area contributed by atoms with Crippen LogP contribution in [0.5, 0.6) is 0 Å². The van der Waals surface area contributed by atoms with Crippen LogP contribution in [0.15, 0.2) is 46.8 Å². The Hall–Kier alpha value is -3.05. The minimum absolute atomic E-state index is 0.110. The van der Waals surface area contributed by atoms with E-state index in [4.69, 9.17) is 0 Å². The number of carbonyl (C=O) groups excluding carboxylic acids is 4. The Morgan fingerprint density at radius 3 is 2.59 bits per heavy atom. The van der Waals surface area contributed by atoms with Crippen molar-refractivity contribution in [1.29, 1.82) is 0 Å². The topological polar surface area (TPSA) is 108 Å². The van der Waals surface area contributed by atoms with Crippen LogP contribution >= 0.6 is 23.1 Å². The molecule has 1 aliphatic rings. The van der Waals surface area contributed by atoms with Crippen LogP contribution < -0.4 is 10.6 Å². The van der Waals surface area contributed by atoms with Gasteiger partial charge in [-0.05, 0) is 36.0 Å². The third-order valence-electron chi connectivity index (χ3n) is 3.23. The number of thiazole rings is 1. The van der Waals surface area contributed by atoms with Gasteiger partial charge < -0.3 is 10.6 Å². The molecule has 3 rings (SSSR count). The Balaban J connectivity index is 1.62. The average Bonchev–Trinajstić information content (AvgIpc) is 3.21. The average molecular weight is 406 g/mol. The second-order valence-corrected chi connectivity index (χ2v) is 7.04. The number of hydrogen-bond acceptors (Lipinski definition) is 7. The third kappa shape index (κ3) is 4.77. The van der Waals surface area contributed by atoms with Crippen LogP contribution in [0.1, 0.15) is 0 Å². The molecule has 1 aromatic carbocycles. The summed E-state index contributed by atoms with van der Waals surface area (Å²) in [6, 6.07) is 5.06. The molecule has 138 valence electrons. The van der Waals surface area contributed by atoms with Crippen molar-refractivity contribution in [3.8, 4) is 0 Å². The highest BCUT2D eigenvalue weighted by Gasteiger charge is 2.36. The van der Waals surface area contributed by atoms with E-state index >= 15 is 0 Å². The number of aromatic nitrogens is 1. The first-order valence-corrected chi connectivity index (χ1v) is 9.13. The summed E-state index contributed by atoms with van der Waals surface area (Å²) in [5.41, 5.74) is 0.333. The molecule has 0 aliphatic carbocycles. The molecule has 8 nitrogen and oxygen atoms in total. The van der Waals surface area contributed by atoms with Crippen molar-refractivity contribution in [2.75, 3.05) is 17.2 Å². The van der Waals surface area contributed by atoms with E-state index in [1.54, 1.807) is 5.38 Å². The van der Waals surface area contributed by atoms with Gasteiger partial charge in [-0.3, -0.25) is 24.1 Å². The standard InChI is InChI=1S/C16H11FN4O4S2/c17-9-1-3-10(4-2-9)19-12(22)7-11-14(24)21(16(25)27-11)8-13(23)20-15-18-5-6-26-15/h1-7H,8H2,(H,19,22)(H,18,20,23)/b11-7-. The molecule has 4 amide bonds. The highest BCUT2D eigenvalue weighted by atomic mass is 32.2. The summed E-state index contributed by atoms with van der Waals surface area (Å²) in [4.78, 5) is 52.7. The predicted octanol–water partition coefficient (Wildman–Crippen LogP) is 2.44. The molecule has 1 aliphatic heterocycles. The lowest BCUT2D eigenvalue weighted by Crippen LogP contribution is -2.36. The van der Waals surface area contributed by atoms with E-state index in [1.165, 1.54) is 41.8 Å². The molecule has 0 spiro atoms. The van der Waals surface area contributed by atoms with Gasteiger partial charge in [0.25, 0.3) is 11.1 Å². The smallest absolute Gasteiger partial charge is 0.294 e. The lowest BCUT2D eigenvalue weighted by molar-refractivity contribution is -0.127. The van der Waals surface area contributed by atoms with Gasteiger partial charge in [-0.25, -0.2) is 9.37 Å². The first-order valence-electron chi connectivity index (χ1n) is 7.43. The second-order valence-electron chi connectivity index (χ2n) is 5.15. The Labute approximate surface area is 160 Å². The maximum absolute atomic E-state index is 12.9. The molecule has 0 atom stereocenters. The SMILES string of the molecule is O=C(/C=C1\SC(=O)N(CC(=O)Nc2nccs2)C1=O)Nc1ccc(F)cc1. The van der Waals surface area contributed by atoms with Crippen molar-refractivity contribution in [3.63, 3.8) is 0 Å². The molecule has 2 aromatic rings. The number of carbonyl (C=O) groups is 4. The van der Waals surface area contributed by atoms with Crippen molar-refractivity contribution < 1.29 is 23.6 Å². The molecule has 1 saturated heterocycles. The summed E-state index contributed by atoms with van der Waals surface area (Å²) < 4.78 is 12.9. The zero-order chi connectivity index (χ0) is 19.4. The van der Waals surface area contributed by atoms with Crippen LogP contribution in [0.25, 0.3) is 0 Å². The number of rotatable bonds is 5. The van der Waals surface area contributed by atoms with Crippen molar-refractivity contribution in [2.45, 2.75) is 0 Å². The zero-order valence-corrected chi connectivity index (χ0v) is 15.1. The molecule has 11 heteroatoms. The van der Waals surface area contributed by atoms with Gasteiger partial charge in [0.1, 0.15) is 12.4 Å². The first kappa shape index (κ1) is 18.7. The van der Waals surface area contributed by atoms with E-state index in [-0.39, 0.29) is 4.91 Å². The quantitative estimate of drug-likeness (QED) is 0.739. The lowest BCUT2D eigenvalue weighted by atomic mass is 10.3. The summed E-state index contributed by atoms with van der Waals surface area (Å²) in [7, 11) is 0. The minimum atomic E-state index is -0.742. The molecule has 0 bridgehead atoms. The van der Waals surface area contributed by atoms with Crippen LogP contribution in [0, 0.1) is 5.82 Å². The van der Waals surface area contributed by atoms with Crippen molar-refractivity contribution >= 4 is 56.9 Å². The predicted molar refractivity (Wildman–Crippen MR) is 98.6 cm³/mol. The van der Waals surface area contributed by atoms with E-state index in [9.17, 15) is 23.6 Å². The Morgan fingerprint density at radius 2 is 1.93 bits per heavy atom. The third-order valence-corrected chi connectivity index (χ3v) is 4.82. The Bertz CT molecular complexity index is 928. The highest BCUT2D eigenvalue weighted by molar-refractivity contribution is 8.18. The minimum Gasteiger partial charge on any atom is -0.322 e. The Kier molecular flexibility index (Phi) is 5.62. The summed E-state index contributed by atoms with van der Waals surface area (Å²) >= 11 is 1.75. The van der Waals surface area contributed by atoms with Gasteiger partial charge in [-0.15, -0.1) is 11.3 Å². The highest BCUT2D eigenvalue weighted by Crippen LogP contribution is 2.30. The van der Waals surface area contributed by atoms with Crippen LogP contribution in [0.4, 0.5) is 20.0 Å². The summed E-state index contributed by atoms with van der Waals surface area (Å²) in [6.07, 6.45) is 2.47. The molecular weight excluding hydrogens is 395 g/mol.